The van der Waals surface area contributed by atoms with Crippen molar-refractivity contribution in [1.82, 2.24) is 0 Å². The number of nitrogen functional groups attached to an aromatic ring is 1. The molecule has 0 fully saturated rings. The van der Waals surface area contributed by atoms with Gasteiger partial charge in [0.15, 0.2) is 0 Å². The lowest BCUT2D eigenvalue weighted by atomic mass is 10.1. The van der Waals surface area contributed by atoms with Crippen molar-refractivity contribution in [3.63, 3.8) is 0 Å². The first-order valence-corrected chi connectivity index (χ1v) is 4.41. The van der Waals surface area contributed by atoms with Crippen molar-refractivity contribution in [3.8, 4) is 11.1 Å². The summed E-state index contributed by atoms with van der Waals surface area (Å²) in [5.41, 5.74) is 9.65. The van der Waals surface area contributed by atoms with E-state index in [-0.39, 0.29) is 0 Å². The molecule has 0 amide bonds. The Hall–Kier alpha value is -1.90. The number of benzene rings is 1. The highest BCUT2D eigenvalue weighted by molar-refractivity contribution is 5.78. The molecular formula is C11H12N2O. The topological polar surface area (TPSA) is 51.2 Å². The largest absolute Gasteiger partial charge is 0.472 e. The molecule has 72 valence electrons. The van der Waals surface area contributed by atoms with E-state index in [0.717, 1.165) is 22.5 Å². The first-order valence-electron chi connectivity index (χ1n) is 4.41. The molecule has 2 rings (SSSR count). The average molecular weight is 188 g/mol. The maximum atomic E-state index is 5.87. The fourth-order valence-corrected chi connectivity index (χ4v) is 1.38. The molecule has 0 aliphatic rings. The molecule has 2 aromatic rings. The van der Waals surface area contributed by atoms with Gasteiger partial charge in [-0.2, -0.15) is 0 Å². The number of anilines is 2. The van der Waals surface area contributed by atoms with E-state index >= 15 is 0 Å². The molecule has 0 aliphatic heterocycles. The molecule has 3 N–H and O–H groups in total. The van der Waals surface area contributed by atoms with Crippen molar-refractivity contribution in [1.29, 1.82) is 0 Å². The van der Waals surface area contributed by atoms with Crippen LogP contribution in [0.15, 0.2) is 41.2 Å². The minimum Gasteiger partial charge on any atom is -0.472 e. The summed E-state index contributed by atoms with van der Waals surface area (Å²) in [6.07, 6.45) is 3.33. The highest BCUT2D eigenvalue weighted by Gasteiger charge is 2.04. The van der Waals surface area contributed by atoms with Crippen LogP contribution in [0.25, 0.3) is 11.1 Å². The Kier molecular flexibility index (Phi) is 2.14. The zero-order valence-corrected chi connectivity index (χ0v) is 7.95. The summed E-state index contributed by atoms with van der Waals surface area (Å²) in [4.78, 5) is 0. The van der Waals surface area contributed by atoms with Crippen molar-refractivity contribution in [2.75, 3.05) is 18.1 Å². The lowest BCUT2D eigenvalue weighted by molar-refractivity contribution is 0.568. The number of nitrogens with one attached hydrogen (secondary N) is 1. The van der Waals surface area contributed by atoms with Gasteiger partial charge >= 0.3 is 0 Å². The standard InChI is InChI=1S/C11H12N2O/c1-13-9-2-3-11(12)10(6-9)8-4-5-14-7-8/h2-7,13H,12H2,1H3. The van der Waals surface area contributed by atoms with E-state index < -0.39 is 0 Å². The number of hydrogen-bond donors (Lipinski definition) is 2. The average Bonchev–Trinajstić information content (AvgIpc) is 2.71. The number of furan rings is 1. The summed E-state index contributed by atoms with van der Waals surface area (Å²) in [6, 6.07) is 7.72. The van der Waals surface area contributed by atoms with Crippen LogP contribution in [-0.2, 0) is 0 Å². The second-order valence-corrected chi connectivity index (χ2v) is 3.06. The summed E-state index contributed by atoms with van der Waals surface area (Å²) < 4.78 is 5.02. The molecule has 0 unspecified atom stereocenters. The van der Waals surface area contributed by atoms with E-state index in [4.69, 9.17) is 10.2 Å². The zero-order chi connectivity index (χ0) is 9.97. The monoisotopic (exact) mass is 188 g/mol. The van der Waals surface area contributed by atoms with Gasteiger partial charge in [-0.3, -0.25) is 0 Å². The Bertz CT molecular complexity index is 421. The molecule has 0 atom stereocenters. The quantitative estimate of drug-likeness (QED) is 0.712. The van der Waals surface area contributed by atoms with Gasteiger partial charge in [0.05, 0.1) is 12.5 Å². The maximum Gasteiger partial charge on any atom is 0.0981 e. The van der Waals surface area contributed by atoms with Gasteiger partial charge in [-0.25, -0.2) is 0 Å². The number of nitrogens with two attached hydrogens (primary N) is 1. The first kappa shape index (κ1) is 8.69. The number of rotatable bonds is 2. The molecule has 1 heterocycles. The van der Waals surface area contributed by atoms with E-state index in [9.17, 15) is 0 Å². The van der Waals surface area contributed by atoms with Crippen LogP contribution < -0.4 is 11.1 Å². The zero-order valence-electron chi connectivity index (χ0n) is 7.95. The Morgan fingerprint density at radius 1 is 1.29 bits per heavy atom. The molecule has 1 aromatic heterocycles. The Labute approximate surface area is 82.5 Å². The third-order valence-electron chi connectivity index (χ3n) is 2.17. The van der Waals surface area contributed by atoms with Crippen molar-refractivity contribution in [3.05, 3.63) is 36.8 Å². The fraction of sp³-hybridized carbons (Fsp3) is 0.0909. The van der Waals surface area contributed by atoms with Crippen LogP contribution in [0.4, 0.5) is 11.4 Å². The van der Waals surface area contributed by atoms with Crippen molar-refractivity contribution in [2.24, 2.45) is 0 Å². The number of hydrogen-bond acceptors (Lipinski definition) is 3. The van der Waals surface area contributed by atoms with Crippen LogP contribution in [0.2, 0.25) is 0 Å². The van der Waals surface area contributed by atoms with Gasteiger partial charge < -0.3 is 15.5 Å². The SMILES string of the molecule is CNc1ccc(N)c(-c2ccoc2)c1. The third-order valence-corrected chi connectivity index (χ3v) is 2.17. The van der Waals surface area contributed by atoms with Crippen LogP contribution in [0.1, 0.15) is 0 Å². The third kappa shape index (κ3) is 1.44. The fourth-order valence-electron chi connectivity index (χ4n) is 1.38. The smallest absolute Gasteiger partial charge is 0.0981 e. The molecule has 3 heteroatoms. The summed E-state index contributed by atoms with van der Waals surface area (Å²) in [7, 11) is 1.88. The highest BCUT2D eigenvalue weighted by atomic mass is 16.3. The minimum atomic E-state index is 0.755. The van der Waals surface area contributed by atoms with Gasteiger partial charge in [-0.15, -0.1) is 0 Å². The lowest BCUT2D eigenvalue weighted by Gasteiger charge is -2.06. The van der Waals surface area contributed by atoms with E-state index in [2.05, 4.69) is 5.32 Å². The summed E-state index contributed by atoms with van der Waals surface area (Å²) in [5.74, 6) is 0. The molecule has 0 aliphatic carbocycles. The molecule has 1 aromatic carbocycles. The van der Waals surface area contributed by atoms with Crippen LogP contribution >= 0.6 is 0 Å². The Balaban J connectivity index is 2.51. The normalized spacial score (nSPS) is 10.1. The first-order chi connectivity index (χ1) is 6.81. The second kappa shape index (κ2) is 3.46. The Morgan fingerprint density at radius 2 is 2.14 bits per heavy atom. The van der Waals surface area contributed by atoms with Crippen molar-refractivity contribution in [2.45, 2.75) is 0 Å². The summed E-state index contributed by atoms with van der Waals surface area (Å²) in [5, 5.41) is 3.07. The van der Waals surface area contributed by atoms with Crippen molar-refractivity contribution >= 4 is 11.4 Å². The summed E-state index contributed by atoms with van der Waals surface area (Å²) in [6.45, 7) is 0. The van der Waals surface area contributed by atoms with Gasteiger partial charge in [-0.05, 0) is 24.3 Å². The van der Waals surface area contributed by atoms with E-state index in [1.807, 2.05) is 31.3 Å². The lowest BCUT2D eigenvalue weighted by Crippen LogP contribution is -1.92. The molecule has 0 saturated carbocycles. The highest BCUT2D eigenvalue weighted by Crippen LogP contribution is 2.28. The van der Waals surface area contributed by atoms with Gasteiger partial charge in [0, 0.05) is 29.5 Å². The molecule has 0 bridgehead atoms. The molecule has 0 saturated heterocycles. The van der Waals surface area contributed by atoms with Crippen LogP contribution in [0.3, 0.4) is 0 Å². The van der Waals surface area contributed by atoms with E-state index in [0.29, 0.717) is 0 Å². The van der Waals surface area contributed by atoms with Gasteiger partial charge in [0.1, 0.15) is 0 Å². The van der Waals surface area contributed by atoms with Crippen molar-refractivity contribution < 1.29 is 4.42 Å². The van der Waals surface area contributed by atoms with Gasteiger partial charge in [-0.1, -0.05) is 0 Å². The van der Waals surface area contributed by atoms with Crippen LogP contribution in [-0.4, -0.2) is 7.05 Å². The Morgan fingerprint density at radius 3 is 2.79 bits per heavy atom. The molecule has 0 spiro atoms. The van der Waals surface area contributed by atoms with E-state index in [1.54, 1.807) is 12.5 Å². The van der Waals surface area contributed by atoms with E-state index in [1.165, 1.54) is 0 Å². The summed E-state index contributed by atoms with van der Waals surface area (Å²) >= 11 is 0. The molecule has 0 radical (unpaired) electrons. The predicted octanol–water partition coefficient (Wildman–Crippen LogP) is 2.57. The van der Waals surface area contributed by atoms with Crippen LogP contribution in [0.5, 0.6) is 0 Å². The minimum absolute atomic E-state index is 0.755. The maximum absolute atomic E-state index is 5.87. The van der Waals surface area contributed by atoms with Gasteiger partial charge in [0.25, 0.3) is 0 Å². The molecule has 14 heavy (non-hydrogen) atoms. The van der Waals surface area contributed by atoms with Gasteiger partial charge in [0.2, 0.25) is 0 Å². The second-order valence-electron chi connectivity index (χ2n) is 3.06. The van der Waals surface area contributed by atoms with Crippen LogP contribution in [0, 0.1) is 0 Å². The predicted molar refractivity (Wildman–Crippen MR) is 58.1 cm³/mol. The molecular weight excluding hydrogens is 176 g/mol. The molecule has 3 nitrogen and oxygen atoms in total.